The standard InChI is InChI=1S/C13H10N2OS/c16-12(14-10-4-2-1-3-5-10)11-8-9-6-7-17-13(9)15-11/h1-8,15H,(H,14,16). The van der Waals surface area contributed by atoms with E-state index in [1.165, 1.54) is 0 Å². The Labute approximate surface area is 102 Å². The number of nitrogens with one attached hydrogen (secondary N) is 2. The molecule has 3 nitrogen and oxygen atoms in total. The number of thiophene rings is 1. The molecule has 1 aromatic carbocycles. The van der Waals surface area contributed by atoms with E-state index in [9.17, 15) is 4.79 Å². The van der Waals surface area contributed by atoms with Gasteiger partial charge >= 0.3 is 0 Å². The second-order valence-corrected chi connectivity index (χ2v) is 4.62. The molecule has 0 atom stereocenters. The van der Waals surface area contributed by atoms with Gasteiger partial charge in [0.1, 0.15) is 10.5 Å². The monoisotopic (exact) mass is 242 g/mol. The Bertz CT molecular complexity index is 626. The van der Waals surface area contributed by atoms with Crippen molar-refractivity contribution in [3.8, 4) is 0 Å². The Morgan fingerprint density at radius 2 is 2.00 bits per heavy atom. The summed E-state index contributed by atoms with van der Waals surface area (Å²) in [6, 6.07) is 13.3. The van der Waals surface area contributed by atoms with Crippen molar-refractivity contribution in [1.82, 2.24) is 4.98 Å². The summed E-state index contributed by atoms with van der Waals surface area (Å²) in [6.45, 7) is 0. The topological polar surface area (TPSA) is 44.9 Å². The fourth-order valence-electron chi connectivity index (χ4n) is 1.69. The molecule has 4 heteroatoms. The van der Waals surface area contributed by atoms with Crippen molar-refractivity contribution in [2.75, 3.05) is 5.32 Å². The number of carbonyl (C=O) groups excluding carboxylic acids is 1. The highest BCUT2D eigenvalue weighted by Gasteiger charge is 2.09. The first-order chi connectivity index (χ1) is 8.33. The number of aromatic amines is 1. The number of H-pyrrole nitrogens is 1. The lowest BCUT2D eigenvalue weighted by atomic mass is 10.3. The van der Waals surface area contributed by atoms with E-state index in [1.807, 2.05) is 47.8 Å². The first kappa shape index (κ1) is 10.1. The Morgan fingerprint density at radius 3 is 2.76 bits per heavy atom. The molecule has 2 heterocycles. The van der Waals surface area contributed by atoms with Crippen LogP contribution in [0.5, 0.6) is 0 Å². The van der Waals surface area contributed by atoms with Gasteiger partial charge in [0, 0.05) is 11.1 Å². The number of amides is 1. The van der Waals surface area contributed by atoms with Gasteiger partial charge in [-0.2, -0.15) is 0 Å². The van der Waals surface area contributed by atoms with Crippen LogP contribution in [0.3, 0.4) is 0 Å². The molecule has 0 saturated heterocycles. The van der Waals surface area contributed by atoms with E-state index in [2.05, 4.69) is 10.3 Å². The first-order valence-corrected chi connectivity index (χ1v) is 6.13. The lowest BCUT2D eigenvalue weighted by Gasteiger charge is -2.02. The van der Waals surface area contributed by atoms with Crippen LogP contribution >= 0.6 is 11.3 Å². The molecule has 0 spiro atoms. The van der Waals surface area contributed by atoms with Gasteiger partial charge in [0.2, 0.25) is 0 Å². The Morgan fingerprint density at radius 1 is 1.18 bits per heavy atom. The Hall–Kier alpha value is -2.07. The minimum Gasteiger partial charge on any atom is -0.342 e. The summed E-state index contributed by atoms with van der Waals surface area (Å²) in [5.74, 6) is -0.111. The lowest BCUT2D eigenvalue weighted by molar-refractivity contribution is 0.102. The summed E-state index contributed by atoms with van der Waals surface area (Å²) < 4.78 is 0. The quantitative estimate of drug-likeness (QED) is 0.710. The number of benzene rings is 1. The van der Waals surface area contributed by atoms with Crippen LogP contribution in [0.2, 0.25) is 0 Å². The molecule has 0 unspecified atom stereocenters. The van der Waals surface area contributed by atoms with Crippen LogP contribution in [0.25, 0.3) is 10.2 Å². The Kier molecular flexibility index (Phi) is 2.42. The summed E-state index contributed by atoms with van der Waals surface area (Å²) in [5, 5.41) is 5.92. The van der Waals surface area contributed by atoms with Crippen LogP contribution < -0.4 is 5.32 Å². The van der Waals surface area contributed by atoms with E-state index in [0.29, 0.717) is 5.69 Å². The van der Waals surface area contributed by atoms with Crippen LogP contribution in [-0.2, 0) is 0 Å². The average Bonchev–Trinajstić information content (AvgIpc) is 2.90. The zero-order valence-electron chi connectivity index (χ0n) is 8.94. The summed E-state index contributed by atoms with van der Waals surface area (Å²) in [7, 11) is 0. The summed E-state index contributed by atoms with van der Waals surface area (Å²) in [5.41, 5.74) is 1.39. The van der Waals surface area contributed by atoms with Crippen molar-refractivity contribution in [2.24, 2.45) is 0 Å². The third kappa shape index (κ3) is 1.94. The maximum absolute atomic E-state index is 11.9. The van der Waals surface area contributed by atoms with Crippen molar-refractivity contribution < 1.29 is 4.79 Å². The van der Waals surface area contributed by atoms with Gasteiger partial charge in [0.25, 0.3) is 5.91 Å². The van der Waals surface area contributed by atoms with Crippen molar-refractivity contribution in [2.45, 2.75) is 0 Å². The Balaban J connectivity index is 1.85. The zero-order valence-corrected chi connectivity index (χ0v) is 9.75. The number of para-hydroxylation sites is 1. The average molecular weight is 242 g/mol. The predicted octanol–water partition coefficient (Wildman–Crippen LogP) is 3.48. The van der Waals surface area contributed by atoms with Gasteiger partial charge in [-0.1, -0.05) is 18.2 Å². The van der Waals surface area contributed by atoms with Crippen molar-refractivity contribution in [1.29, 1.82) is 0 Å². The third-order valence-corrected chi connectivity index (χ3v) is 3.37. The SMILES string of the molecule is O=C(Nc1ccccc1)c1cc2ccsc2[nH]1. The number of anilines is 1. The number of fused-ring (bicyclic) bond motifs is 1. The molecule has 3 rings (SSSR count). The second-order valence-electron chi connectivity index (χ2n) is 3.71. The molecule has 2 N–H and O–H groups in total. The van der Waals surface area contributed by atoms with Crippen LogP contribution in [0.4, 0.5) is 5.69 Å². The molecule has 2 aromatic heterocycles. The molecule has 0 saturated carbocycles. The normalized spacial score (nSPS) is 10.6. The van der Waals surface area contributed by atoms with Gasteiger partial charge in [0.15, 0.2) is 0 Å². The van der Waals surface area contributed by atoms with E-state index < -0.39 is 0 Å². The maximum atomic E-state index is 11.9. The summed E-state index contributed by atoms with van der Waals surface area (Å²) >= 11 is 1.60. The molecular weight excluding hydrogens is 232 g/mol. The molecule has 0 aliphatic heterocycles. The van der Waals surface area contributed by atoms with Crippen LogP contribution in [0.15, 0.2) is 47.8 Å². The van der Waals surface area contributed by atoms with E-state index in [4.69, 9.17) is 0 Å². The molecule has 0 aliphatic rings. The molecular formula is C13H10N2OS. The molecule has 0 radical (unpaired) electrons. The molecule has 0 fully saturated rings. The maximum Gasteiger partial charge on any atom is 0.272 e. The molecule has 84 valence electrons. The number of carbonyl (C=O) groups is 1. The van der Waals surface area contributed by atoms with Gasteiger partial charge in [-0.3, -0.25) is 4.79 Å². The lowest BCUT2D eigenvalue weighted by Crippen LogP contribution is -2.11. The van der Waals surface area contributed by atoms with E-state index in [-0.39, 0.29) is 5.91 Å². The highest BCUT2D eigenvalue weighted by Crippen LogP contribution is 2.21. The minimum absolute atomic E-state index is 0.111. The van der Waals surface area contributed by atoms with Crippen LogP contribution in [0.1, 0.15) is 10.5 Å². The first-order valence-electron chi connectivity index (χ1n) is 5.25. The smallest absolute Gasteiger partial charge is 0.272 e. The molecule has 0 aliphatic carbocycles. The molecule has 0 bridgehead atoms. The fraction of sp³-hybridized carbons (Fsp3) is 0. The second kappa shape index (κ2) is 4.07. The van der Waals surface area contributed by atoms with Gasteiger partial charge in [0.05, 0.1) is 0 Å². The van der Waals surface area contributed by atoms with Crippen molar-refractivity contribution in [3.63, 3.8) is 0 Å². The summed E-state index contributed by atoms with van der Waals surface area (Å²) in [4.78, 5) is 16.1. The van der Waals surface area contributed by atoms with Crippen LogP contribution in [-0.4, -0.2) is 10.9 Å². The predicted molar refractivity (Wildman–Crippen MR) is 70.6 cm³/mol. The van der Waals surface area contributed by atoms with E-state index in [0.717, 1.165) is 15.9 Å². The van der Waals surface area contributed by atoms with Crippen molar-refractivity contribution >= 4 is 33.1 Å². The largest absolute Gasteiger partial charge is 0.342 e. The minimum atomic E-state index is -0.111. The highest BCUT2D eigenvalue weighted by atomic mass is 32.1. The van der Waals surface area contributed by atoms with Crippen molar-refractivity contribution in [3.05, 3.63) is 53.5 Å². The summed E-state index contributed by atoms with van der Waals surface area (Å²) in [6.07, 6.45) is 0. The van der Waals surface area contributed by atoms with Gasteiger partial charge in [-0.05, 0) is 29.6 Å². The van der Waals surface area contributed by atoms with E-state index >= 15 is 0 Å². The van der Waals surface area contributed by atoms with Crippen LogP contribution in [0, 0.1) is 0 Å². The third-order valence-electron chi connectivity index (χ3n) is 2.52. The van der Waals surface area contributed by atoms with Gasteiger partial charge < -0.3 is 10.3 Å². The number of aromatic nitrogens is 1. The van der Waals surface area contributed by atoms with Gasteiger partial charge in [-0.25, -0.2) is 0 Å². The molecule has 1 amide bonds. The van der Waals surface area contributed by atoms with Gasteiger partial charge in [-0.15, -0.1) is 11.3 Å². The number of hydrogen-bond acceptors (Lipinski definition) is 2. The number of hydrogen-bond donors (Lipinski definition) is 2. The highest BCUT2D eigenvalue weighted by molar-refractivity contribution is 7.16. The fourth-order valence-corrected chi connectivity index (χ4v) is 2.47. The van der Waals surface area contributed by atoms with E-state index in [1.54, 1.807) is 11.3 Å². The zero-order chi connectivity index (χ0) is 11.7. The molecule has 3 aromatic rings. The number of rotatable bonds is 2. The molecule has 17 heavy (non-hydrogen) atoms.